The van der Waals surface area contributed by atoms with Crippen LogP contribution in [0, 0.1) is 20.8 Å². The normalized spacial score (nSPS) is 10.5. The molecule has 22 heavy (non-hydrogen) atoms. The third-order valence-electron chi connectivity index (χ3n) is 2.87. The standard InChI is InChI=1S/C9H10O3P.C9H12/c1-2-12-13(11)9-6-4-3-5-8(9)7-10;1-7-4-8(2)6-9(3)5-7/h3-7H,2H2,1H3;4-6H,1-3H3. The van der Waals surface area contributed by atoms with Gasteiger partial charge in [-0.1, -0.05) is 53.1 Å². The van der Waals surface area contributed by atoms with Crippen molar-refractivity contribution >= 4 is 19.6 Å². The first-order valence-electron chi connectivity index (χ1n) is 7.17. The zero-order valence-electron chi connectivity index (χ0n) is 13.5. The molecule has 2 rings (SSSR count). The average Bonchev–Trinajstić information content (AvgIpc) is 2.46. The molecule has 0 amide bonds. The molecule has 0 fully saturated rings. The van der Waals surface area contributed by atoms with E-state index in [1.165, 1.54) is 16.7 Å². The smallest absolute Gasteiger partial charge is 0.247 e. The highest BCUT2D eigenvalue weighted by molar-refractivity contribution is 7.48. The molecule has 0 aromatic heterocycles. The molecule has 1 radical (unpaired) electrons. The van der Waals surface area contributed by atoms with Crippen molar-refractivity contribution < 1.29 is 13.9 Å². The van der Waals surface area contributed by atoms with E-state index in [0.717, 1.165) is 0 Å². The molecule has 0 heterocycles. The van der Waals surface area contributed by atoms with E-state index in [2.05, 4.69) is 39.0 Å². The molecular formula is C18H22O3P. The van der Waals surface area contributed by atoms with Crippen molar-refractivity contribution in [1.29, 1.82) is 0 Å². The lowest BCUT2D eigenvalue weighted by molar-refractivity contribution is 0.112. The zero-order chi connectivity index (χ0) is 16.5. The minimum atomic E-state index is -1.88. The number of hydrogen-bond donors (Lipinski definition) is 0. The van der Waals surface area contributed by atoms with Crippen molar-refractivity contribution in [3.05, 3.63) is 64.7 Å². The first kappa shape index (κ1) is 18.2. The summed E-state index contributed by atoms with van der Waals surface area (Å²) >= 11 is 0. The van der Waals surface area contributed by atoms with Gasteiger partial charge in [-0.3, -0.25) is 4.79 Å². The number of rotatable bonds is 4. The maximum atomic E-state index is 11.4. The van der Waals surface area contributed by atoms with Gasteiger partial charge in [-0.15, -0.1) is 0 Å². The highest BCUT2D eigenvalue weighted by Crippen LogP contribution is 2.22. The van der Waals surface area contributed by atoms with E-state index < -0.39 is 8.03 Å². The summed E-state index contributed by atoms with van der Waals surface area (Å²) < 4.78 is 16.3. The molecule has 2 aromatic rings. The molecule has 117 valence electrons. The van der Waals surface area contributed by atoms with E-state index in [9.17, 15) is 9.36 Å². The van der Waals surface area contributed by atoms with Crippen LogP contribution in [0.3, 0.4) is 0 Å². The SMILES string of the molecule is CCO[P](=O)c1ccccc1C=O.Cc1cc(C)cc(C)c1. The Kier molecular flexibility index (Phi) is 7.65. The molecule has 1 atom stereocenters. The highest BCUT2D eigenvalue weighted by atomic mass is 31.1. The minimum absolute atomic E-state index is 0.377. The van der Waals surface area contributed by atoms with Crippen molar-refractivity contribution in [1.82, 2.24) is 0 Å². The first-order valence-corrected chi connectivity index (χ1v) is 8.35. The van der Waals surface area contributed by atoms with E-state index in [-0.39, 0.29) is 0 Å². The molecule has 0 aliphatic heterocycles. The van der Waals surface area contributed by atoms with Gasteiger partial charge in [0.25, 0.3) is 0 Å². The van der Waals surface area contributed by atoms with Gasteiger partial charge in [-0.05, 0) is 33.8 Å². The van der Waals surface area contributed by atoms with E-state index in [1.807, 2.05) is 0 Å². The molecule has 0 saturated heterocycles. The number of aldehydes is 1. The van der Waals surface area contributed by atoms with E-state index in [1.54, 1.807) is 31.2 Å². The Labute approximate surface area is 133 Å². The van der Waals surface area contributed by atoms with Crippen molar-refractivity contribution in [2.45, 2.75) is 27.7 Å². The second kappa shape index (κ2) is 9.24. The largest absolute Gasteiger partial charge is 0.301 e. The number of hydrogen-bond acceptors (Lipinski definition) is 3. The van der Waals surface area contributed by atoms with Crippen molar-refractivity contribution in [2.75, 3.05) is 6.61 Å². The van der Waals surface area contributed by atoms with Crippen LogP contribution in [-0.2, 0) is 9.09 Å². The van der Waals surface area contributed by atoms with Crippen LogP contribution >= 0.6 is 8.03 Å². The molecule has 0 aliphatic rings. The van der Waals surface area contributed by atoms with Gasteiger partial charge in [0.05, 0.1) is 11.9 Å². The van der Waals surface area contributed by atoms with Gasteiger partial charge in [0.15, 0.2) is 6.29 Å². The Hall–Kier alpha value is -1.83. The summed E-state index contributed by atoms with van der Waals surface area (Å²) in [5.74, 6) is 0. The Morgan fingerprint density at radius 3 is 1.95 bits per heavy atom. The zero-order valence-corrected chi connectivity index (χ0v) is 14.4. The van der Waals surface area contributed by atoms with E-state index in [4.69, 9.17) is 4.52 Å². The van der Waals surface area contributed by atoms with Crippen LogP contribution in [0.15, 0.2) is 42.5 Å². The summed E-state index contributed by atoms with van der Waals surface area (Å²) in [6.07, 6.45) is 0.682. The molecule has 0 aliphatic carbocycles. The molecule has 0 N–H and O–H groups in total. The lowest BCUT2D eigenvalue weighted by Gasteiger charge is -2.01. The summed E-state index contributed by atoms with van der Waals surface area (Å²) in [7, 11) is -1.88. The molecule has 2 aromatic carbocycles. The van der Waals surface area contributed by atoms with Crippen molar-refractivity contribution in [3.8, 4) is 0 Å². The van der Waals surface area contributed by atoms with Crippen LogP contribution in [0.25, 0.3) is 0 Å². The predicted molar refractivity (Wildman–Crippen MR) is 91.3 cm³/mol. The number of aryl methyl sites for hydroxylation is 3. The monoisotopic (exact) mass is 317 g/mol. The molecule has 1 unspecified atom stereocenters. The summed E-state index contributed by atoms with van der Waals surface area (Å²) in [5.41, 5.74) is 4.49. The molecule has 0 spiro atoms. The maximum Gasteiger partial charge on any atom is 0.247 e. The van der Waals surface area contributed by atoms with E-state index >= 15 is 0 Å². The third-order valence-corrected chi connectivity index (χ3v) is 4.17. The average molecular weight is 317 g/mol. The molecular weight excluding hydrogens is 295 g/mol. The van der Waals surface area contributed by atoms with E-state index in [0.29, 0.717) is 23.8 Å². The number of carbonyl (C=O) groups excluding carboxylic acids is 1. The van der Waals surface area contributed by atoms with Crippen LogP contribution in [0.5, 0.6) is 0 Å². The number of carbonyl (C=O) groups is 1. The van der Waals surface area contributed by atoms with Gasteiger partial charge in [0, 0.05) is 5.56 Å². The van der Waals surface area contributed by atoms with Gasteiger partial charge < -0.3 is 4.52 Å². The second-order valence-corrected chi connectivity index (χ2v) is 6.27. The van der Waals surface area contributed by atoms with Crippen molar-refractivity contribution in [3.63, 3.8) is 0 Å². The minimum Gasteiger partial charge on any atom is -0.301 e. The van der Waals surface area contributed by atoms with Gasteiger partial charge in [-0.25, -0.2) is 4.57 Å². The molecule has 0 bridgehead atoms. The quantitative estimate of drug-likeness (QED) is 0.615. The Balaban J connectivity index is 0.000000235. The van der Waals surface area contributed by atoms with Gasteiger partial charge >= 0.3 is 0 Å². The Morgan fingerprint density at radius 1 is 1.00 bits per heavy atom. The predicted octanol–water partition coefficient (Wildman–Crippen LogP) is 4.52. The summed E-state index contributed by atoms with van der Waals surface area (Å²) in [6.45, 7) is 8.51. The fourth-order valence-corrected chi connectivity index (χ4v) is 3.06. The summed E-state index contributed by atoms with van der Waals surface area (Å²) in [5, 5.41) is 0.467. The Bertz CT molecular complexity index is 600. The van der Waals surface area contributed by atoms with Crippen LogP contribution in [-0.4, -0.2) is 12.9 Å². The third kappa shape index (κ3) is 5.88. The van der Waals surface area contributed by atoms with Crippen LogP contribution in [0.4, 0.5) is 0 Å². The number of benzene rings is 2. The molecule has 3 nitrogen and oxygen atoms in total. The lowest BCUT2D eigenvalue weighted by Crippen LogP contribution is -2.05. The van der Waals surface area contributed by atoms with Crippen molar-refractivity contribution in [2.24, 2.45) is 0 Å². The Morgan fingerprint density at radius 2 is 1.50 bits per heavy atom. The fourth-order valence-electron chi connectivity index (χ4n) is 2.14. The van der Waals surface area contributed by atoms with Gasteiger partial charge in [-0.2, -0.15) is 0 Å². The lowest BCUT2D eigenvalue weighted by atomic mass is 10.1. The maximum absolute atomic E-state index is 11.4. The summed E-state index contributed by atoms with van der Waals surface area (Å²) in [4.78, 5) is 10.6. The summed E-state index contributed by atoms with van der Waals surface area (Å²) in [6, 6.07) is 13.3. The first-order chi connectivity index (χ1) is 10.5. The molecule has 4 heteroatoms. The van der Waals surface area contributed by atoms with Gasteiger partial charge in [0.1, 0.15) is 0 Å². The fraction of sp³-hybridized carbons (Fsp3) is 0.278. The topological polar surface area (TPSA) is 43.4 Å². The second-order valence-electron chi connectivity index (χ2n) is 5.02. The molecule has 0 saturated carbocycles. The highest BCUT2D eigenvalue weighted by Gasteiger charge is 2.08. The van der Waals surface area contributed by atoms with Crippen LogP contribution in [0.1, 0.15) is 34.0 Å². The van der Waals surface area contributed by atoms with Crippen LogP contribution < -0.4 is 5.30 Å². The van der Waals surface area contributed by atoms with Gasteiger partial charge in [0.2, 0.25) is 8.03 Å². The van der Waals surface area contributed by atoms with Crippen LogP contribution in [0.2, 0.25) is 0 Å².